The zero-order valence-electron chi connectivity index (χ0n) is 14.8. The molecule has 2 amide bonds. The molecule has 0 radical (unpaired) electrons. The van der Waals surface area contributed by atoms with Crippen molar-refractivity contribution < 1.29 is 9.59 Å². The summed E-state index contributed by atoms with van der Waals surface area (Å²) in [5, 5.41) is 14.6. The lowest BCUT2D eigenvalue weighted by Gasteiger charge is -2.09. The first-order valence-corrected chi connectivity index (χ1v) is 8.70. The van der Waals surface area contributed by atoms with Gasteiger partial charge in [-0.1, -0.05) is 32.0 Å². The van der Waals surface area contributed by atoms with Crippen molar-refractivity contribution in [1.82, 2.24) is 0 Å². The predicted octanol–water partition coefficient (Wildman–Crippen LogP) is 3.89. The Hall–Kier alpha value is -3.13. The van der Waals surface area contributed by atoms with Crippen molar-refractivity contribution in [3.63, 3.8) is 0 Å². The van der Waals surface area contributed by atoms with E-state index in [2.05, 4.69) is 24.5 Å². The van der Waals surface area contributed by atoms with Crippen molar-refractivity contribution in [2.45, 2.75) is 26.2 Å². The van der Waals surface area contributed by atoms with Crippen molar-refractivity contribution in [2.75, 3.05) is 10.6 Å². The maximum absolute atomic E-state index is 12.3. The minimum atomic E-state index is -0.323. The van der Waals surface area contributed by atoms with Crippen LogP contribution >= 0.6 is 0 Å². The number of anilines is 2. The Morgan fingerprint density at radius 3 is 2.19 bits per heavy atom. The van der Waals surface area contributed by atoms with Gasteiger partial charge in [-0.05, 0) is 48.2 Å². The van der Waals surface area contributed by atoms with Gasteiger partial charge in [0.1, 0.15) is 0 Å². The number of nitriles is 1. The summed E-state index contributed by atoms with van der Waals surface area (Å²) >= 11 is 0. The van der Waals surface area contributed by atoms with E-state index in [1.807, 2.05) is 30.3 Å². The van der Waals surface area contributed by atoms with E-state index in [1.54, 1.807) is 24.3 Å². The molecule has 5 heteroatoms. The Morgan fingerprint density at radius 2 is 1.62 bits per heavy atom. The minimum absolute atomic E-state index is 0.131. The first-order valence-electron chi connectivity index (χ1n) is 8.70. The number of carbonyl (C=O) groups excluding carboxylic acids is 2. The van der Waals surface area contributed by atoms with Gasteiger partial charge in [0.25, 0.3) is 0 Å². The number of carbonyl (C=O) groups is 2. The molecule has 0 aliphatic heterocycles. The Bertz CT molecular complexity index is 866. The Labute approximate surface area is 153 Å². The third-order valence-electron chi connectivity index (χ3n) is 4.57. The molecule has 132 valence electrons. The Morgan fingerprint density at radius 1 is 1.00 bits per heavy atom. The molecule has 2 aromatic carbocycles. The van der Waals surface area contributed by atoms with E-state index in [0.717, 1.165) is 5.69 Å². The monoisotopic (exact) mass is 347 g/mol. The molecule has 2 unspecified atom stereocenters. The number of nitrogens with one attached hydrogen (secondary N) is 2. The summed E-state index contributed by atoms with van der Waals surface area (Å²) in [6.07, 6.45) is 0.541. The summed E-state index contributed by atoms with van der Waals surface area (Å²) in [7, 11) is 0. The van der Waals surface area contributed by atoms with Gasteiger partial charge in [0.05, 0.1) is 23.5 Å². The fourth-order valence-corrected chi connectivity index (χ4v) is 2.86. The fourth-order valence-electron chi connectivity index (χ4n) is 2.86. The van der Waals surface area contributed by atoms with Crippen molar-refractivity contribution in [3.05, 3.63) is 59.7 Å². The van der Waals surface area contributed by atoms with Crippen LogP contribution in [-0.4, -0.2) is 11.8 Å². The van der Waals surface area contributed by atoms with Crippen molar-refractivity contribution in [1.29, 1.82) is 5.26 Å². The molecule has 0 heterocycles. The molecule has 1 saturated carbocycles. The number of hydrogen-bond acceptors (Lipinski definition) is 3. The number of benzene rings is 2. The van der Waals surface area contributed by atoms with Crippen LogP contribution in [0, 0.1) is 23.2 Å². The van der Waals surface area contributed by atoms with Gasteiger partial charge in [0.2, 0.25) is 11.8 Å². The van der Waals surface area contributed by atoms with Gasteiger partial charge in [-0.25, -0.2) is 0 Å². The third-order valence-corrected chi connectivity index (χ3v) is 4.57. The van der Waals surface area contributed by atoms with E-state index < -0.39 is 0 Å². The van der Waals surface area contributed by atoms with Crippen LogP contribution in [-0.2, 0) is 9.59 Å². The van der Waals surface area contributed by atoms with Crippen LogP contribution in [0.5, 0.6) is 0 Å². The first kappa shape index (κ1) is 17.7. The van der Waals surface area contributed by atoms with Crippen LogP contribution in [0.1, 0.15) is 37.3 Å². The van der Waals surface area contributed by atoms with Crippen LogP contribution < -0.4 is 10.6 Å². The number of nitrogens with zero attached hydrogens (tertiary/aromatic N) is 1. The molecule has 2 N–H and O–H groups in total. The van der Waals surface area contributed by atoms with Gasteiger partial charge in [0, 0.05) is 11.4 Å². The van der Waals surface area contributed by atoms with Crippen LogP contribution in [0.4, 0.5) is 11.4 Å². The lowest BCUT2D eigenvalue weighted by molar-refractivity contribution is -0.122. The first-order chi connectivity index (χ1) is 12.5. The molecular formula is C21H21N3O2. The zero-order chi connectivity index (χ0) is 18.7. The van der Waals surface area contributed by atoms with E-state index in [1.165, 1.54) is 5.56 Å². The summed E-state index contributed by atoms with van der Waals surface area (Å²) < 4.78 is 0. The minimum Gasteiger partial charge on any atom is -0.326 e. The highest BCUT2D eigenvalue weighted by molar-refractivity contribution is 6.03. The standard InChI is InChI=1S/C21H21N3O2/c1-13(2)15-6-8-16(9-7-15)23-20(25)18-11-19(18)21(26)24-17-5-3-4-14(10-17)12-22/h3-10,13,18-19H,11H2,1-2H3,(H,23,25)(H,24,26). The van der Waals surface area contributed by atoms with Crippen molar-refractivity contribution in [2.24, 2.45) is 11.8 Å². The second kappa shape index (κ2) is 7.40. The molecule has 1 fully saturated rings. The quantitative estimate of drug-likeness (QED) is 0.861. The summed E-state index contributed by atoms with van der Waals surface area (Å²) in [5.74, 6) is -0.506. The third kappa shape index (κ3) is 4.09. The summed E-state index contributed by atoms with van der Waals surface area (Å²) in [4.78, 5) is 24.6. The number of amides is 2. The Balaban J connectivity index is 1.54. The van der Waals surface area contributed by atoms with Crippen LogP contribution in [0.3, 0.4) is 0 Å². The highest BCUT2D eigenvalue weighted by Gasteiger charge is 2.48. The predicted molar refractivity (Wildman–Crippen MR) is 101 cm³/mol. The van der Waals surface area contributed by atoms with Crippen molar-refractivity contribution >= 4 is 23.2 Å². The molecular weight excluding hydrogens is 326 g/mol. The molecule has 5 nitrogen and oxygen atoms in total. The van der Waals surface area contributed by atoms with Gasteiger partial charge in [-0.3, -0.25) is 9.59 Å². The van der Waals surface area contributed by atoms with E-state index in [9.17, 15) is 9.59 Å². The topological polar surface area (TPSA) is 82.0 Å². The number of hydrogen-bond donors (Lipinski definition) is 2. The molecule has 1 aliphatic carbocycles. The molecule has 26 heavy (non-hydrogen) atoms. The summed E-state index contributed by atoms with van der Waals surface area (Å²) in [5.41, 5.74) is 3.01. The van der Waals surface area contributed by atoms with E-state index in [0.29, 0.717) is 23.6 Å². The molecule has 2 atom stereocenters. The number of rotatable bonds is 5. The maximum Gasteiger partial charge on any atom is 0.228 e. The van der Waals surface area contributed by atoms with E-state index in [4.69, 9.17) is 5.26 Å². The molecule has 0 aromatic heterocycles. The highest BCUT2D eigenvalue weighted by atomic mass is 16.2. The lowest BCUT2D eigenvalue weighted by Crippen LogP contribution is -2.20. The van der Waals surface area contributed by atoms with Gasteiger partial charge < -0.3 is 10.6 Å². The highest BCUT2D eigenvalue weighted by Crippen LogP contribution is 2.40. The molecule has 0 spiro atoms. The Kier molecular flexibility index (Phi) is 5.04. The second-order valence-electron chi connectivity index (χ2n) is 6.90. The van der Waals surface area contributed by atoms with Crippen LogP contribution in [0.25, 0.3) is 0 Å². The summed E-state index contributed by atoms with van der Waals surface area (Å²) in [6.45, 7) is 4.24. The van der Waals surface area contributed by atoms with Gasteiger partial charge in [0.15, 0.2) is 0 Å². The maximum atomic E-state index is 12.3. The molecule has 3 rings (SSSR count). The zero-order valence-corrected chi connectivity index (χ0v) is 14.8. The van der Waals surface area contributed by atoms with Crippen LogP contribution in [0.2, 0.25) is 0 Å². The second-order valence-corrected chi connectivity index (χ2v) is 6.90. The molecule has 0 bridgehead atoms. The SMILES string of the molecule is CC(C)c1ccc(NC(=O)C2CC2C(=O)Nc2cccc(C#N)c2)cc1. The molecule has 0 saturated heterocycles. The average molecular weight is 347 g/mol. The summed E-state index contributed by atoms with van der Waals surface area (Å²) in [6, 6.07) is 16.5. The van der Waals surface area contributed by atoms with Crippen LogP contribution in [0.15, 0.2) is 48.5 Å². The van der Waals surface area contributed by atoms with Crippen molar-refractivity contribution in [3.8, 4) is 6.07 Å². The van der Waals surface area contributed by atoms with Gasteiger partial charge in [-0.2, -0.15) is 5.26 Å². The van der Waals surface area contributed by atoms with E-state index in [-0.39, 0.29) is 23.7 Å². The lowest BCUT2D eigenvalue weighted by atomic mass is 10.0. The fraction of sp³-hybridized carbons (Fsp3) is 0.286. The molecule has 2 aromatic rings. The van der Waals surface area contributed by atoms with E-state index >= 15 is 0 Å². The molecule has 1 aliphatic rings. The average Bonchev–Trinajstić information content (AvgIpc) is 3.43. The largest absolute Gasteiger partial charge is 0.326 e. The van der Waals surface area contributed by atoms with Gasteiger partial charge in [-0.15, -0.1) is 0 Å². The van der Waals surface area contributed by atoms with Gasteiger partial charge >= 0.3 is 0 Å². The smallest absolute Gasteiger partial charge is 0.228 e. The normalized spacial score (nSPS) is 18.1.